The van der Waals surface area contributed by atoms with Crippen molar-refractivity contribution in [1.82, 2.24) is 0 Å². The van der Waals surface area contributed by atoms with E-state index in [1.54, 1.807) is 6.92 Å². The van der Waals surface area contributed by atoms with Gasteiger partial charge in [0.15, 0.2) is 0 Å². The number of hydrogen-bond donors (Lipinski definition) is 1. The topological polar surface area (TPSA) is 99.1 Å². The van der Waals surface area contributed by atoms with Crippen LogP contribution in [0.2, 0.25) is 0 Å². The Kier molecular flexibility index (Phi) is 17.0. The van der Waals surface area contributed by atoms with E-state index in [2.05, 4.69) is 14.2 Å². The number of esters is 2. The van der Waals surface area contributed by atoms with E-state index >= 15 is 0 Å². The molecule has 0 fully saturated rings. The summed E-state index contributed by atoms with van der Waals surface area (Å²) >= 11 is 0. The lowest BCUT2D eigenvalue weighted by Crippen LogP contribution is -2.12. The van der Waals surface area contributed by atoms with E-state index in [0.717, 1.165) is 6.92 Å². The second-order valence-corrected chi connectivity index (χ2v) is 7.65. The fourth-order valence-electron chi connectivity index (χ4n) is 2.41. The van der Waals surface area contributed by atoms with Crippen molar-refractivity contribution in [2.24, 2.45) is 0 Å². The average Bonchev–Trinajstić information content (AvgIpc) is 3.05. The second-order valence-electron chi connectivity index (χ2n) is 7.65. The molecule has 0 amide bonds. The molecule has 0 saturated heterocycles. The molecule has 0 bridgehead atoms. The first kappa shape index (κ1) is 43.0. The quantitative estimate of drug-likeness (QED) is 0.0762. The summed E-state index contributed by atoms with van der Waals surface area (Å²) in [5.41, 5.74) is 0. The third kappa shape index (κ3) is 10.2. The van der Waals surface area contributed by atoms with E-state index < -0.39 is 123 Å². The highest BCUT2D eigenvalue weighted by molar-refractivity contribution is 5.72. The lowest BCUT2D eigenvalue weighted by Gasteiger charge is -2.07. The molecule has 3 aromatic rings. The van der Waals surface area contributed by atoms with E-state index in [1.165, 1.54) is 6.92 Å². The molecule has 0 aliphatic carbocycles. The van der Waals surface area contributed by atoms with Crippen LogP contribution in [0.4, 0.5) is 65.9 Å². The fourth-order valence-corrected chi connectivity index (χ4v) is 2.41. The smallest absolute Gasteiger partial charge is 0.311 e. The molecule has 0 aliphatic rings. The minimum absolute atomic E-state index is 0.250. The van der Waals surface area contributed by atoms with Crippen molar-refractivity contribution < 1.29 is 99.6 Å². The fraction of sp³-hybridized carbons (Fsp3) is 0.192. The van der Waals surface area contributed by atoms with E-state index in [-0.39, 0.29) is 13.0 Å². The first-order valence-electron chi connectivity index (χ1n) is 11.8. The molecule has 22 heteroatoms. The molecular weight excluding hydrogens is 709 g/mol. The van der Waals surface area contributed by atoms with Crippen molar-refractivity contribution in [2.75, 3.05) is 6.61 Å². The monoisotopic (exact) mass is 724 g/mol. The maximum Gasteiger partial charge on any atom is 0.311 e. The van der Waals surface area contributed by atoms with Gasteiger partial charge in [-0.05, 0) is 6.92 Å². The summed E-state index contributed by atoms with van der Waals surface area (Å²) in [6.45, 7) is 3.55. The highest BCUT2D eigenvalue weighted by Gasteiger charge is 2.30. The van der Waals surface area contributed by atoms with E-state index in [0.29, 0.717) is 0 Å². The zero-order chi connectivity index (χ0) is 37.8. The zero-order valence-electron chi connectivity index (χ0n) is 23.6. The number of aliphatic hydroxyl groups is 1. The number of ether oxygens (including phenoxy) is 3. The highest BCUT2D eigenvalue weighted by Crippen LogP contribution is 2.31. The number of hydrogen-bond acceptors (Lipinski definition) is 7. The largest absolute Gasteiger partial charge is 0.422 e. The van der Waals surface area contributed by atoms with Gasteiger partial charge in [-0.15, -0.1) is 0 Å². The molecule has 7 nitrogen and oxygen atoms in total. The summed E-state index contributed by atoms with van der Waals surface area (Å²) in [5.74, 6) is -40.0. The number of carbonyl (C=O) groups excluding carboxylic acids is 3. The van der Waals surface area contributed by atoms with E-state index in [1.807, 2.05) is 0 Å². The number of halogens is 15. The Balaban J connectivity index is 0.000000663. The van der Waals surface area contributed by atoms with Gasteiger partial charge in [-0.25, -0.2) is 39.5 Å². The van der Waals surface area contributed by atoms with Gasteiger partial charge in [0.05, 0.1) is 0 Å². The van der Waals surface area contributed by atoms with E-state index in [9.17, 15) is 80.2 Å². The first-order chi connectivity index (χ1) is 22.2. The standard InChI is InChI=1S/C9H5F5O2.C8H3F5O2.C7HF5O2.C2H6O/c1-2-3(15)16-9-7(13)5(11)4(10)6(12)8(9)14;1-2(14)15-8-6(12)4(10)3(9)5(11)7(8)13;8-2-3(9)5(11)7(14-1-13)6(12)4(2)10;1-2-3/h2H2,1H3;1H3;1H;3H,2H2,1H3. The Labute approximate surface area is 257 Å². The molecule has 0 atom stereocenters. The van der Waals surface area contributed by atoms with Gasteiger partial charge in [0.1, 0.15) is 0 Å². The van der Waals surface area contributed by atoms with Crippen LogP contribution in [0.1, 0.15) is 27.2 Å². The SMILES string of the molecule is CC(=O)Oc1c(F)c(F)c(F)c(F)c1F.CCC(=O)Oc1c(F)c(F)c(F)c(F)c1F.CCO.O=COc1c(F)c(F)c(F)c(F)c1F. The van der Waals surface area contributed by atoms with Crippen molar-refractivity contribution in [3.8, 4) is 17.2 Å². The maximum atomic E-state index is 12.9. The normalized spacial score (nSPS) is 9.98. The summed E-state index contributed by atoms with van der Waals surface area (Å²) in [7, 11) is 0. The minimum Gasteiger partial charge on any atom is -0.422 e. The molecular formula is C26H15F15O7. The Morgan fingerprint density at radius 2 is 0.729 bits per heavy atom. The van der Waals surface area contributed by atoms with Crippen molar-refractivity contribution in [1.29, 1.82) is 0 Å². The molecule has 3 aromatic carbocycles. The van der Waals surface area contributed by atoms with Gasteiger partial charge < -0.3 is 19.3 Å². The molecule has 3 rings (SSSR count). The number of benzene rings is 3. The Hall–Kier alpha value is -5.02. The van der Waals surface area contributed by atoms with Crippen LogP contribution in [0.15, 0.2) is 0 Å². The summed E-state index contributed by atoms with van der Waals surface area (Å²) in [5, 5.41) is 7.57. The first-order valence-corrected chi connectivity index (χ1v) is 11.8. The summed E-state index contributed by atoms with van der Waals surface area (Å²) in [4.78, 5) is 30.7. The number of carbonyl (C=O) groups is 3. The lowest BCUT2D eigenvalue weighted by atomic mass is 10.2. The molecule has 1 N–H and O–H groups in total. The van der Waals surface area contributed by atoms with Gasteiger partial charge in [-0.3, -0.25) is 14.4 Å². The van der Waals surface area contributed by atoms with Crippen LogP contribution in [0.3, 0.4) is 0 Å². The van der Waals surface area contributed by atoms with Crippen LogP contribution in [0.25, 0.3) is 0 Å². The molecule has 48 heavy (non-hydrogen) atoms. The van der Waals surface area contributed by atoms with Crippen molar-refractivity contribution in [3.05, 3.63) is 87.3 Å². The van der Waals surface area contributed by atoms with Gasteiger partial charge in [-0.1, -0.05) is 6.92 Å². The number of aliphatic hydroxyl groups excluding tert-OH is 1. The minimum atomic E-state index is -2.31. The van der Waals surface area contributed by atoms with Crippen molar-refractivity contribution in [3.63, 3.8) is 0 Å². The Morgan fingerprint density at radius 1 is 0.500 bits per heavy atom. The third-order valence-electron chi connectivity index (χ3n) is 4.42. The summed E-state index contributed by atoms with van der Waals surface area (Å²) in [6.07, 6.45) is -0.264. The molecule has 266 valence electrons. The van der Waals surface area contributed by atoms with Gasteiger partial charge in [0, 0.05) is 20.0 Å². The summed E-state index contributed by atoms with van der Waals surface area (Å²) in [6, 6.07) is 0. The van der Waals surface area contributed by atoms with Crippen molar-refractivity contribution in [2.45, 2.75) is 27.2 Å². The molecule has 0 heterocycles. The number of rotatable bonds is 5. The molecule has 0 saturated carbocycles. The zero-order valence-corrected chi connectivity index (χ0v) is 23.6. The van der Waals surface area contributed by atoms with Crippen LogP contribution < -0.4 is 14.2 Å². The maximum absolute atomic E-state index is 12.9. The predicted octanol–water partition coefficient (Wildman–Crippen LogP) is 6.92. The van der Waals surface area contributed by atoms with E-state index in [4.69, 9.17) is 5.11 Å². The molecule has 0 aliphatic heterocycles. The molecule has 0 spiro atoms. The highest BCUT2D eigenvalue weighted by atomic mass is 19.2. The van der Waals surface area contributed by atoms with Crippen LogP contribution >= 0.6 is 0 Å². The van der Waals surface area contributed by atoms with Crippen molar-refractivity contribution >= 4 is 18.4 Å². The lowest BCUT2D eigenvalue weighted by molar-refractivity contribution is -0.134. The van der Waals surface area contributed by atoms with Gasteiger partial charge in [0.25, 0.3) is 6.47 Å². The molecule has 0 radical (unpaired) electrons. The predicted molar refractivity (Wildman–Crippen MR) is 125 cm³/mol. The summed E-state index contributed by atoms with van der Waals surface area (Å²) < 4.78 is 200. The molecule has 0 unspecified atom stereocenters. The average molecular weight is 724 g/mol. The van der Waals surface area contributed by atoms with Crippen LogP contribution in [0.5, 0.6) is 17.2 Å². The Morgan fingerprint density at radius 3 is 0.958 bits per heavy atom. The van der Waals surface area contributed by atoms with Crippen LogP contribution in [0, 0.1) is 87.3 Å². The van der Waals surface area contributed by atoms with Gasteiger partial charge in [0.2, 0.25) is 105 Å². The second kappa shape index (κ2) is 19.0. The van der Waals surface area contributed by atoms with Gasteiger partial charge in [-0.2, -0.15) is 26.3 Å². The van der Waals surface area contributed by atoms with Gasteiger partial charge >= 0.3 is 11.9 Å². The van der Waals surface area contributed by atoms with Crippen LogP contribution in [-0.2, 0) is 14.4 Å². The van der Waals surface area contributed by atoms with Crippen LogP contribution in [-0.4, -0.2) is 30.1 Å². The third-order valence-corrected chi connectivity index (χ3v) is 4.42. The molecule has 0 aromatic heterocycles. The Bertz CT molecular complexity index is 1580.